The lowest BCUT2D eigenvalue weighted by Crippen LogP contribution is -2.49. The molecule has 1 amide bonds. The van der Waals surface area contributed by atoms with Gasteiger partial charge in [0.25, 0.3) is 5.91 Å². The van der Waals surface area contributed by atoms with Crippen molar-refractivity contribution in [3.63, 3.8) is 0 Å². The van der Waals surface area contributed by atoms with Crippen LogP contribution in [-0.4, -0.2) is 66.3 Å². The van der Waals surface area contributed by atoms with Gasteiger partial charge in [0.05, 0.1) is 18.1 Å². The van der Waals surface area contributed by atoms with E-state index in [1.165, 1.54) is 0 Å². The normalized spacial score (nSPS) is 17.7. The Hall–Kier alpha value is -2.97. The number of hydrogen-bond acceptors (Lipinski definition) is 6. The molecule has 4 heterocycles. The molecule has 0 radical (unpaired) electrons. The van der Waals surface area contributed by atoms with Crippen molar-refractivity contribution in [1.82, 2.24) is 34.2 Å². The average molecular weight is 354 g/mol. The summed E-state index contributed by atoms with van der Waals surface area (Å²) in [5, 5.41) is 4.10. The van der Waals surface area contributed by atoms with Crippen molar-refractivity contribution in [2.45, 2.75) is 18.9 Å². The number of rotatable bonds is 3. The van der Waals surface area contributed by atoms with E-state index in [2.05, 4.69) is 25.0 Å². The molecule has 26 heavy (non-hydrogen) atoms. The maximum Gasteiger partial charge on any atom is 0.257 e. The van der Waals surface area contributed by atoms with Crippen LogP contribution in [0.5, 0.6) is 0 Å². The summed E-state index contributed by atoms with van der Waals surface area (Å²) in [6.07, 6.45) is 8.65. The van der Waals surface area contributed by atoms with Gasteiger partial charge in [-0.15, -0.1) is 0 Å². The highest BCUT2D eigenvalue weighted by atomic mass is 16.2. The summed E-state index contributed by atoms with van der Waals surface area (Å²) in [6, 6.07) is 0.116. The van der Waals surface area contributed by atoms with Crippen molar-refractivity contribution < 1.29 is 4.79 Å². The van der Waals surface area contributed by atoms with Gasteiger partial charge in [0.15, 0.2) is 17.0 Å². The molecule has 1 aliphatic rings. The van der Waals surface area contributed by atoms with Gasteiger partial charge >= 0.3 is 0 Å². The molecule has 0 spiro atoms. The molecule has 3 aromatic rings. The number of amides is 1. The molecule has 1 atom stereocenters. The lowest BCUT2D eigenvalue weighted by atomic mass is 10.0. The minimum absolute atomic E-state index is 0.00406. The average Bonchev–Trinajstić information content (AvgIpc) is 3.27. The molecule has 1 aliphatic heterocycles. The number of anilines is 1. The van der Waals surface area contributed by atoms with E-state index in [9.17, 15) is 4.79 Å². The zero-order valence-corrected chi connectivity index (χ0v) is 15.2. The smallest absolute Gasteiger partial charge is 0.257 e. The van der Waals surface area contributed by atoms with E-state index < -0.39 is 0 Å². The topological polar surface area (TPSA) is 85.0 Å². The van der Waals surface area contributed by atoms with E-state index in [1.807, 2.05) is 30.6 Å². The molecule has 0 aromatic carbocycles. The second-order valence-corrected chi connectivity index (χ2v) is 6.79. The number of aryl methyl sites for hydroxylation is 2. The third-order valence-electron chi connectivity index (χ3n) is 4.99. The fourth-order valence-corrected chi connectivity index (χ4v) is 3.53. The summed E-state index contributed by atoms with van der Waals surface area (Å²) in [4.78, 5) is 30.0. The monoisotopic (exact) mass is 354 g/mol. The first-order valence-electron chi connectivity index (χ1n) is 8.67. The van der Waals surface area contributed by atoms with Gasteiger partial charge in [-0.25, -0.2) is 15.0 Å². The summed E-state index contributed by atoms with van der Waals surface area (Å²) in [6.45, 7) is 1.62. The fraction of sp³-hybridized carbons (Fsp3) is 0.471. The van der Waals surface area contributed by atoms with Crippen LogP contribution in [0.25, 0.3) is 11.2 Å². The molecule has 9 nitrogen and oxygen atoms in total. The lowest BCUT2D eigenvalue weighted by Gasteiger charge is -2.38. The van der Waals surface area contributed by atoms with Gasteiger partial charge in [0.2, 0.25) is 0 Å². The Labute approximate surface area is 151 Å². The number of fused-ring (bicyclic) bond motifs is 1. The maximum atomic E-state index is 12.7. The number of carbonyl (C=O) groups excluding carboxylic acids is 1. The molecule has 1 fully saturated rings. The zero-order chi connectivity index (χ0) is 18.3. The minimum atomic E-state index is -0.00406. The maximum absolute atomic E-state index is 12.7. The summed E-state index contributed by atoms with van der Waals surface area (Å²) >= 11 is 0. The summed E-state index contributed by atoms with van der Waals surface area (Å²) in [5.41, 5.74) is 2.23. The molecule has 0 aliphatic carbocycles. The highest BCUT2D eigenvalue weighted by Gasteiger charge is 2.29. The molecule has 4 rings (SSSR count). The van der Waals surface area contributed by atoms with Crippen molar-refractivity contribution in [1.29, 1.82) is 0 Å². The van der Waals surface area contributed by atoms with Crippen molar-refractivity contribution in [2.75, 3.05) is 25.0 Å². The molecule has 1 saturated heterocycles. The summed E-state index contributed by atoms with van der Waals surface area (Å²) in [5.74, 6) is 0.832. The molecule has 0 N–H and O–H groups in total. The van der Waals surface area contributed by atoms with E-state index in [0.717, 1.165) is 42.9 Å². The third-order valence-corrected chi connectivity index (χ3v) is 4.99. The number of imidazole rings is 1. The van der Waals surface area contributed by atoms with Crippen molar-refractivity contribution in [3.8, 4) is 0 Å². The van der Waals surface area contributed by atoms with Gasteiger partial charge in [-0.2, -0.15) is 5.10 Å². The van der Waals surface area contributed by atoms with Crippen LogP contribution < -0.4 is 4.90 Å². The Morgan fingerprint density at radius 2 is 2.12 bits per heavy atom. The summed E-state index contributed by atoms with van der Waals surface area (Å²) in [7, 11) is 5.59. The van der Waals surface area contributed by atoms with E-state index in [0.29, 0.717) is 5.56 Å². The quantitative estimate of drug-likeness (QED) is 0.693. The van der Waals surface area contributed by atoms with Crippen LogP contribution >= 0.6 is 0 Å². The lowest BCUT2D eigenvalue weighted by molar-refractivity contribution is 0.0717. The first-order chi connectivity index (χ1) is 12.5. The van der Waals surface area contributed by atoms with E-state index in [1.54, 1.807) is 29.7 Å². The highest BCUT2D eigenvalue weighted by Crippen LogP contribution is 2.26. The van der Waals surface area contributed by atoms with E-state index in [-0.39, 0.29) is 11.9 Å². The van der Waals surface area contributed by atoms with Crippen LogP contribution in [0.15, 0.2) is 25.0 Å². The van der Waals surface area contributed by atoms with E-state index in [4.69, 9.17) is 0 Å². The number of piperidine rings is 1. The van der Waals surface area contributed by atoms with Gasteiger partial charge in [0.1, 0.15) is 6.33 Å². The fourth-order valence-electron chi connectivity index (χ4n) is 3.53. The van der Waals surface area contributed by atoms with Crippen molar-refractivity contribution in [3.05, 3.63) is 30.6 Å². The Morgan fingerprint density at radius 3 is 2.88 bits per heavy atom. The SMILES string of the molecule is CN(C(=O)c1cnn(C)c1)C1CCCN(c2ncnc3c2ncn3C)C1. The van der Waals surface area contributed by atoms with Gasteiger partial charge in [-0.05, 0) is 12.8 Å². The number of aromatic nitrogens is 6. The molecule has 9 heteroatoms. The van der Waals surface area contributed by atoms with Crippen LogP contribution in [0.3, 0.4) is 0 Å². The van der Waals surface area contributed by atoms with Gasteiger partial charge in [-0.3, -0.25) is 9.48 Å². The molecular formula is C17H22N8O. The second-order valence-electron chi connectivity index (χ2n) is 6.79. The standard InChI is InChI=1S/C17H22N8O/c1-22-11-20-14-15(22)18-10-19-16(14)25-6-4-5-13(9-25)24(3)17(26)12-7-21-23(2)8-12/h7-8,10-11,13H,4-6,9H2,1-3H3. The molecule has 1 unspecified atom stereocenters. The molecule has 136 valence electrons. The summed E-state index contributed by atoms with van der Waals surface area (Å²) < 4.78 is 3.53. The first-order valence-corrected chi connectivity index (χ1v) is 8.67. The molecular weight excluding hydrogens is 332 g/mol. The predicted molar refractivity (Wildman–Crippen MR) is 96.8 cm³/mol. The van der Waals surface area contributed by atoms with E-state index >= 15 is 0 Å². The predicted octanol–water partition coefficient (Wildman–Crippen LogP) is 0.838. The number of likely N-dealkylation sites (N-methyl/N-ethyl adjacent to an activating group) is 1. The Balaban J connectivity index is 1.56. The number of hydrogen-bond donors (Lipinski definition) is 0. The van der Waals surface area contributed by atoms with Gasteiger partial charge in [0, 0.05) is 46.5 Å². The first kappa shape index (κ1) is 16.5. The van der Waals surface area contributed by atoms with Crippen LogP contribution in [0, 0.1) is 0 Å². The van der Waals surface area contributed by atoms with Gasteiger partial charge < -0.3 is 14.4 Å². The zero-order valence-electron chi connectivity index (χ0n) is 15.2. The second kappa shape index (κ2) is 6.40. The molecule has 0 saturated carbocycles. The third kappa shape index (κ3) is 2.79. The Kier molecular flexibility index (Phi) is 4.06. The number of nitrogens with zero attached hydrogens (tertiary/aromatic N) is 8. The van der Waals surface area contributed by atoms with Gasteiger partial charge in [-0.1, -0.05) is 0 Å². The van der Waals surface area contributed by atoms with Crippen LogP contribution in [0.4, 0.5) is 5.82 Å². The van der Waals surface area contributed by atoms with Crippen molar-refractivity contribution >= 4 is 22.9 Å². The van der Waals surface area contributed by atoms with Crippen LogP contribution in [0.2, 0.25) is 0 Å². The minimum Gasteiger partial charge on any atom is -0.353 e. The van der Waals surface area contributed by atoms with Crippen LogP contribution in [0.1, 0.15) is 23.2 Å². The number of carbonyl (C=O) groups is 1. The molecule has 0 bridgehead atoms. The highest BCUT2D eigenvalue weighted by molar-refractivity contribution is 5.93. The Bertz CT molecular complexity index is 945. The van der Waals surface area contributed by atoms with Crippen LogP contribution in [-0.2, 0) is 14.1 Å². The largest absolute Gasteiger partial charge is 0.353 e. The Morgan fingerprint density at radius 1 is 1.27 bits per heavy atom. The molecule has 3 aromatic heterocycles. The van der Waals surface area contributed by atoms with Crippen molar-refractivity contribution in [2.24, 2.45) is 14.1 Å².